The zero-order chi connectivity index (χ0) is 21.5. The van der Waals surface area contributed by atoms with Crippen LogP contribution in [0.1, 0.15) is 26.3 Å². The van der Waals surface area contributed by atoms with Crippen molar-refractivity contribution in [3.8, 4) is 11.5 Å². The van der Waals surface area contributed by atoms with E-state index in [0.29, 0.717) is 33.2 Å². The third-order valence-corrected chi connectivity index (χ3v) is 5.12. The highest BCUT2D eigenvalue weighted by Gasteiger charge is 2.18. The molecule has 0 bridgehead atoms. The van der Waals surface area contributed by atoms with Crippen LogP contribution < -0.4 is 9.47 Å². The van der Waals surface area contributed by atoms with Gasteiger partial charge in [0.15, 0.2) is 18.1 Å². The number of Topliss-reactive ketones (excluding diaryl/α,β-unsaturated/α-hetero) is 1. The first-order chi connectivity index (χ1) is 14.5. The fourth-order valence-corrected chi connectivity index (χ4v) is 3.48. The second-order valence-corrected chi connectivity index (χ2v) is 7.50. The molecular weight excluding hydrogens is 472 g/mol. The summed E-state index contributed by atoms with van der Waals surface area (Å²) in [4.78, 5) is 24.7. The maximum absolute atomic E-state index is 12.5. The molecule has 0 spiro atoms. The highest BCUT2D eigenvalue weighted by Crippen LogP contribution is 2.37. The molecule has 0 aliphatic rings. The van der Waals surface area contributed by atoms with Gasteiger partial charge in [-0.2, -0.15) is 0 Å². The molecule has 0 unspecified atom stereocenters. The lowest BCUT2D eigenvalue weighted by atomic mass is 10.1. The SMILES string of the molecule is COc1cc(C(=O)OCC(=O)c2ccccc2Cl)cc(Br)c1OCc1ccccc1. The highest BCUT2D eigenvalue weighted by atomic mass is 79.9. The van der Waals surface area contributed by atoms with Crippen LogP contribution in [0, 0.1) is 0 Å². The van der Waals surface area contributed by atoms with Crippen LogP contribution in [0.4, 0.5) is 0 Å². The number of ketones is 1. The van der Waals surface area contributed by atoms with E-state index in [9.17, 15) is 9.59 Å². The van der Waals surface area contributed by atoms with Gasteiger partial charge in [0.25, 0.3) is 0 Å². The first kappa shape index (κ1) is 21.9. The van der Waals surface area contributed by atoms with E-state index >= 15 is 0 Å². The van der Waals surface area contributed by atoms with E-state index < -0.39 is 12.6 Å². The van der Waals surface area contributed by atoms with E-state index in [-0.39, 0.29) is 11.3 Å². The molecule has 0 N–H and O–H groups in total. The first-order valence-electron chi connectivity index (χ1n) is 8.98. The number of halogens is 2. The predicted octanol–water partition coefficient (Wildman–Crippen LogP) is 5.73. The fourth-order valence-electron chi connectivity index (χ4n) is 2.69. The van der Waals surface area contributed by atoms with Crippen molar-refractivity contribution in [2.75, 3.05) is 13.7 Å². The van der Waals surface area contributed by atoms with Gasteiger partial charge in [-0.25, -0.2) is 4.79 Å². The van der Waals surface area contributed by atoms with E-state index in [2.05, 4.69) is 15.9 Å². The van der Waals surface area contributed by atoms with Crippen molar-refractivity contribution in [3.05, 3.63) is 92.9 Å². The van der Waals surface area contributed by atoms with Crippen LogP contribution in [0.5, 0.6) is 11.5 Å². The van der Waals surface area contributed by atoms with Crippen LogP contribution in [0.25, 0.3) is 0 Å². The Hall–Kier alpha value is -2.83. The Morgan fingerprint density at radius 1 is 1.00 bits per heavy atom. The summed E-state index contributed by atoms with van der Waals surface area (Å²) in [5.41, 5.74) is 1.51. The average molecular weight is 490 g/mol. The summed E-state index contributed by atoms with van der Waals surface area (Å²) < 4.78 is 16.9. The van der Waals surface area contributed by atoms with Gasteiger partial charge in [-0.1, -0.05) is 54.1 Å². The van der Waals surface area contributed by atoms with Gasteiger partial charge in [0.1, 0.15) is 6.61 Å². The molecule has 0 aliphatic carbocycles. The standard InChI is InChI=1S/C23H18BrClO5/c1-28-21-12-16(11-18(24)22(21)29-13-15-7-3-2-4-8-15)23(27)30-14-20(26)17-9-5-6-10-19(17)25/h2-12H,13-14H2,1H3. The van der Waals surface area contributed by atoms with Gasteiger partial charge in [-0.15, -0.1) is 0 Å². The van der Waals surface area contributed by atoms with Gasteiger partial charge >= 0.3 is 5.97 Å². The Morgan fingerprint density at radius 3 is 2.40 bits per heavy atom. The second-order valence-electron chi connectivity index (χ2n) is 6.24. The number of carbonyl (C=O) groups excluding carboxylic acids is 2. The van der Waals surface area contributed by atoms with Crippen molar-refractivity contribution in [2.24, 2.45) is 0 Å². The van der Waals surface area contributed by atoms with Gasteiger partial charge in [-0.05, 0) is 45.8 Å². The van der Waals surface area contributed by atoms with Gasteiger partial charge in [0.2, 0.25) is 5.78 Å². The van der Waals surface area contributed by atoms with Crippen molar-refractivity contribution >= 4 is 39.3 Å². The lowest BCUT2D eigenvalue weighted by Crippen LogP contribution is -2.15. The Bertz CT molecular complexity index is 1050. The molecule has 0 radical (unpaired) electrons. The van der Waals surface area contributed by atoms with Crippen LogP contribution in [0.3, 0.4) is 0 Å². The summed E-state index contributed by atoms with van der Waals surface area (Å²) in [5, 5.41) is 0.308. The summed E-state index contributed by atoms with van der Waals surface area (Å²) in [5.74, 6) is -0.221. The van der Waals surface area contributed by atoms with Crippen molar-refractivity contribution in [3.63, 3.8) is 0 Å². The normalized spacial score (nSPS) is 10.4. The molecule has 30 heavy (non-hydrogen) atoms. The quantitative estimate of drug-likeness (QED) is 0.299. The number of esters is 1. The number of benzene rings is 3. The third-order valence-electron chi connectivity index (χ3n) is 4.20. The molecule has 0 aliphatic heterocycles. The minimum absolute atomic E-state index is 0.220. The third kappa shape index (κ3) is 5.40. The minimum Gasteiger partial charge on any atom is -0.493 e. The van der Waals surface area contributed by atoms with E-state index in [4.69, 9.17) is 25.8 Å². The molecule has 0 amide bonds. The summed E-state index contributed by atoms with van der Waals surface area (Å²) >= 11 is 9.42. The number of carbonyl (C=O) groups is 2. The Balaban J connectivity index is 1.69. The Kier molecular flexibility index (Phi) is 7.49. The molecule has 3 rings (SSSR count). The van der Waals surface area contributed by atoms with Crippen molar-refractivity contribution in [1.29, 1.82) is 0 Å². The summed E-state index contributed by atoms with van der Waals surface area (Å²) in [6, 6.07) is 19.3. The molecule has 154 valence electrons. The van der Waals surface area contributed by atoms with Gasteiger partial charge in [0.05, 0.1) is 22.2 Å². The molecule has 0 aromatic heterocycles. The Morgan fingerprint density at radius 2 is 1.70 bits per heavy atom. The topological polar surface area (TPSA) is 61.8 Å². The zero-order valence-electron chi connectivity index (χ0n) is 16.1. The summed E-state index contributed by atoms with van der Waals surface area (Å²) in [7, 11) is 1.48. The lowest BCUT2D eigenvalue weighted by molar-refractivity contribution is 0.0474. The Labute approximate surface area is 187 Å². The van der Waals surface area contributed by atoms with E-state index in [1.165, 1.54) is 13.2 Å². The molecule has 5 nitrogen and oxygen atoms in total. The largest absolute Gasteiger partial charge is 0.493 e. The summed E-state index contributed by atoms with van der Waals surface area (Å²) in [6.45, 7) is -0.0826. The van der Waals surface area contributed by atoms with Crippen molar-refractivity contribution in [1.82, 2.24) is 0 Å². The highest BCUT2D eigenvalue weighted by molar-refractivity contribution is 9.10. The molecule has 0 saturated carbocycles. The van der Waals surface area contributed by atoms with Crippen molar-refractivity contribution in [2.45, 2.75) is 6.61 Å². The molecule has 0 fully saturated rings. The van der Waals surface area contributed by atoms with Crippen LogP contribution >= 0.6 is 27.5 Å². The predicted molar refractivity (Wildman–Crippen MR) is 118 cm³/mol. The second kappa shape index (κ2) is 10.3. The van der Waals surface area contributed by atoms with E-state index in [1.807, 2.05) is 30.3 Å². The molecule has 3 aromatic carbocycles. The molecule has 0 saturated heterocycles. The van der Waals surface area contributed by atoms with Crippen molar-refractivity contribution < 1.29 is 23.8 Å². The van der Waals surface area contributed by atoms with Gasteiger partial charge < -0.3 is 14.2 Å². The van der Waals surface area contributed by atoms with E-state index in [1.54, 1.807) is 30.3 Å². The lowest BCUT2D eigenvalue weighted by Gasteiger charge is -2.14. The van der Waals surface area contributed by atoms with E-state index in [0.717, 1.165) is 5.56 Å². The number of methoxy groups -OCH3 is 1. The summed E-state index contributed by atoms with van der Waals surface area (Å²) in [6.07, 6.45) is 0. The van der Waals surface area contributed by atoms with Gasteiger partial charge in [0, 0.05) is 5.56 Å². The smallest absolute Gasteiger partial charge is 0.338 e. The van der Waals surface area contributed by atoms with Gasteiger partial charge in [-0.3, -0.25) is 4.79 Å². The van der Waals surface area contributed by atoms with Crippen LogP contribution in [-0.2, 0) is 11.3 Å². The maximum Gasteiger partial charge on any atom is 0.338 e. The monoisotopic (exact) mass is 488 g/mol. The fraction of sp³-hybridized carbons (Fsp3) is 0.130. The molecule has 7 heteroatoms. The number of ether oxygens (including phenoxy) is 3. The maximum atomic E-state index is 12.5. The number of hydrogen-bond acceptors (Lipinski definition) is 5. The zero-order valence-corrected chi connectivity index (χ0v) is 18.4. The van der Waals surface area contributed by atoms with Crippen LogP contribution in [0.15, 0.2) is 71.2 Å². The van der Waals surface area contributed by atoms with Crippen LogP contribution in [0.2, 0.25) is 5.02 Å². The number of rotatable bonds is 8. The average Bonchev–Trinajstić information content (AvgIpc) is 2.76. The van der Waals surface area contributed by atoms with Crippen LogP contribution in [-0.4, -0.2) is 25.5 Å². The molecular formula is C23H18BrClO5. The minimum atomic E-state index is -0.663. The molecule has 3 aromatic rings. The molecule has 0 atom stereocenters. The number of hydrogen-bond donors (Lipinski definition) is 0. The molecule has 0 heterocycles. The first-order valence-corrected chi connectivity index (χ1v) is 10.2.